The van der Waals surface area contributed by atoms with Crippen molar-refractivity contribution >= 4 is 17.5 Å². The van der Waals surface area contributed by atoms with Gasteiger partial charge in [0.05, 0.1) is 5.60 Å². The second-order valence-electron chi connectivity index (χ2n) is 6.61. The molecule has 1 amide bonds. The maximum absolute atomic E-state index is 11.9. The molecule has 5 heteroatoms. The van der Waals surface area contributed by atoms with Gasteiger partial charge in [-0.15, -0.1) is 11.6 Å². The van der Waals surface area contributed by atoms with Crippen LogP contribution in [0.15, 0.2) is 30.3 Å². The number of hydrogen-bond acceptors (Lipinski definition) is 3. The van der Waals surface area contributed by atoms with Crippen molar-refractivity contribution in [3.05, 3.63) is 35.9 Å². The maximum atomic E-state index is 11.9. The Bertz CT molecular complexity index is 499. The average molecular weight is 339 g/mol. The van der Waals surface area contributed by atoms with E-state index in [-0.39, 0.29) is 5.91 Å². The Morgan fingerprint density at radius 1 is 1.35 bits per heavy atom. The molecule has 128 valence electrons. The number of carbonyl (C=O) groups excluding carboxylic acids is 1. The average Bonchev–Trinajstić information content (AvgIpc) is 2.54. The van der Waals surface area contributed by atoms with Gasteiger partial charge in [0.15, 0.2) is 0 Å². The summed E-state index contributed by atoms with van der Waals surface area (Å²) in [6.45, 7) is 4.75. The van der Waals surface area contributed by atoms with Crippen molar-refractivity contribution < 1.29 is 9.90 Å². The van der Waals surface area contributed by atoms with Crippen molar-refractivity contribution in [2.75, 3.05) is 33.2 Å². The molecule has 1 unspecified atom stereocenters. The largest absolute Gasteiger partial charge is 0.388 e. The number of hydrogen-bond donors (Lipinski definition) is 1. The van der Waals surface area contributed by atoms with E-state index in [2.05, 4.69) is 29.2 Å². The zero-order valence-electron chi connectivity index (χ0n) is 14.0. The molecule has 1 atom stereocenters. The van der Waals surface area contributed by atoms with E-state index in [1.807, 2.05) is 6.07 Å². The lowest BCUT2D eigenvalue weighted by atomic mass is 9.90. The monoisotopic (exact) mass is 338 g/mol. The van der Waals surface area contributed by atoms with E-state index in [1.54, 1.807) is 18.9 Å². The van der Waals surface area contributed by atoms with Gasteiger partial charge in [-0.3, -0.25) is 4.79 Å². The summed E-state index contributed by atoms with van der Waals surface area (Å²) in [5.41, 5.74) is 0.550. The highest BCUT2D eigenvalue weighted by Gasteiger charge is 2.34. The van der Waals surface area contributed by atoms with Gasteiger partial charge in [0.2, 0.25) is 5.91 Å². The molecule has 1 N–H and O–H groups in total. The number of benzene rings is 1. The molecule has 0 radical (unpaired) electrons. The zero-order valence-corrected chi connectivity index (χ0v) is 14.8. The molecule has 1 saturated heterocycles. The first-order chi connectivity index (χ1) is 10.9. The van der Waals surface area contributed by atoms with Crippen LogP contribution in [0, 0.1) is 0 Å². The summed E-state index contributed by atoms with van der Waals surface area (Å²) < 4.78 is 0. The number of likely N-dealkylation sites (N-methyl/N-ethyl adjacent to an activating group) is 1. The highest BCUT2D eigenvalue weighted by atomic mass is 35.5. The second kappa shape index (κ2) is 8.13. The van der Waals surface area contributed by atoms with Crippen LogP contribution < -0.4 is 0 Å². The van der Waals surface area contributed by atoms with Crippen LogP contribution in [0.3, 0.4) is 0 Å². The maximum Gasteiger partial charge on any atom is 0.240 e. The molecule has 23 heavy (non-hydrogen) atoms. The van der Waals surface area contributed by atoms with Crippen LogP contribution in [0.1, 0.15) is 25.3 Å². The lowest BCUT2D eigenvalue weighted by molar-refractivity contribution is -0.134. The van der Waals surface area contributed by atoms with Crippen molar-refractivity contribution in [1.82, 2.24) is 9.80 Å². The molecule has 1 fully saturated rings. The number of rotatable bonds is 6. The van der Waals surface area contributed by atoms with E-state index in [4.69, 9.17) is 11.6 Å². The van der Waals surface area contributed by atoms with Gasteiger partial charge in [0.1, 0.15) is 5.38 Å². The molecule has 1 heterocycles. The predicted molar refractivity (Wildman–Crippen MR) is 93.7 cm³/mol. The van der Waals surface area contributed by atoms with Crippen LogP contribution in [0.5, 0.6) is 0 Å². The van der Waals surface area contributed by atoms with Crippen LogP contribution in [0.25, 0.3) is 0 Å². The summed E-state index contributed by atoms with van der Waals surface area (Å²) in [5, 5.41) is 10.2. The lowest BCUT2D eigenvalue weighted by Gasteiger charge is -2.40. The Kier molecular flexibility index (Phi) is 6.45. The van der Waals surface area contributed by atoms with Crippen molar-refractivity contribution in [1.29, 1.82) is 0 Å². The minimum atomic E-state index is -0.792. The molecule has 0 saturated carbocycles. The summed E-state index contributed by atoms with van der Waals surface area (Å²) in [4.78, 5) is 15.8. The van der Waals surface area contributed by atoms with Crippen LogP contribution in [0.4, 0.5) is 0 Å². The molecule has 1 aliphatic rings. The Hall–Kier alpha value is -1.10. The number of nitrogens with zero attached hydrogens (tertiary/aromatic N) is 2. The van der Waals surface area contributed by atoms with Crippen molar-refractivity contribution in [3.63, 3.8) is 0 Å². The fourth-order valence-electron chi connectivity index (χ4n) is 3.11. The predicted octanol–water partition coefficient (Wildman–Crippen LogP) is 2.14. The molecule has 2 rings (SSSR count). The first-order valence-electron chi connectivity index (χ1n) is 8.27. The molecule has 0 aliphatic carbocycles. The minimum Gasteiger partial charge on any atom is -0.388 e. The smallest absolute Gasteiger partial charge is 0.240 e. The number of likely N-dealkylation sites (tertiary alicyclic amines) is 1. The third-order valence-electron chi connectivity index (χ3n) is 4.59. The highest BCUT2D eigenvalue weighted by molar-refractivity contribution is 6.30. The summed E-state index contributed by atoms with van der Waals surface area (Å²) in [5.74, 6) is -0.133. The molecular weight excluding hydrogens is 312 g/mol. The molecular formula is C18H27ClN2O2. The lowest BCUT2D eigenvalue weighted by Crippen LogP contribution is -2.52. The number of amides is 1. The van der Waals surface area contributed by atoms with E-state index < -0.39 is 11.0 Å². The van der Waals surface area contributed by atoms with E-state index in [0.29, 0.717) is 19.4 Å². The normalized spacial score (nSPS) is 19.3. The summed E-state index contributed by atoms with van der Waals surface area (Å²) >= 11 is 5.83. The van der Waals surface area contributed by atoms with Crippen molar-refractivity contribution in [3.8, 4) is 0 Å². The van der Waals surface area contributed by atoms with Gasteiger partial charge in [-0.2, -0.15) is 0 Å². The number of piperidine rings is 1. The first-order valence-corrected chi connectivity index (χ1v) is 8.71. The van der Waals surface area contributed by atoms with E-state index in [1.165, 1.54) is 5.56 Å². The molecule has 0 spiro atoms. The number of halogens is 1. The quantitative estimate of drug-likeness (QED) is 0.808. The Labute approximate surface area is 144 Å². The SMILES string of the molecule is CC(Cl)C(=O)N(C)CC1(O)CCN(CCc2ccccc2)CC1. The fourth-order valence-corrected chi connectivity index (χ4v) is 3.27. The van der Waals surface area contributed by atoms with Crippen molar-refractivity contribution in [2.24, 2.45) is 0 Å². The standard InChI is InChI=1S/C18H27ClN2O2/c1-15(19)17(22)20(2)14-18(23)9-12-21(13-10-18)11-8-16-6-4-3-5-7-16/h3-7,15,23H,8-14H2,1-2H3. The molecule has 0 bridgehead atoms. The summed E-state index contributed by atoms with van der Waals surface area (Å²) in [6.07, 6.45) is 2.41. The van der Waals surface area contributed by atoms with Gasteiger partial charge in [0, 0.05) is 33.2 Å². The van der Waals surface area contributed by atoms with E-state index >= 15 is 0 Å². The summed E-state index contributed by atoms with van der Waals surface area (Å²) in [6, 6.07) is 10.5. The Morgan fingerprint density at radius 3 is 2.52 bits per heavy atom. The Morgan fingerprint density at radius 2 is 1.96 bits per heavy atom. The third kappa shape index (κ3) is 5.48. The van der Waals surface area contributed by atoms with Crippen LogP contribution in [-0.2, 0) is 11.2 Å². The molecule has 4 nitrogen and oxygen atoms in total. The minimum absolute atomic E-state index is 0.133. The van der Waals surface area contributed by atoms with E-state index in [9.17, 15) is 9.90 Å². The molecule has 1 aromatic carbocycles. The van der Waals surface area contributed by atoms with Crippen molar-refractivity contribution in [2.45, 2.75) is 37.2 Å². The third-order valence-corrected chi connectivity index (χ3v) is 4.78. The van der Waals surface area contributed by atoms with Crippen LogP contribution in [-0.4, -0.2) is 65.0 Å². The topological polar surface area (TPSA) is 43.8 Å². The van der Waals surface area contributed by atoms with Gasteiger partial charge in [-0.25, -0.2) is 0 Å². The number of carbonyl (C=O) groups is 1. The van der Waals surface area contributed by atoms with Gasteiger partial charge in [-0.1, -0.05) is 30.3 Å². The summed E-state index contributed by atoms with van der Waals surface area (Å²) in [7, 11) is 1.71. The van der Waals surface area contributed by atoms with Gasteiger partial charge < -0.3 is 14.9 Å². The molecule has 0 aromatic heterocycles. The molecule has 1 aromatic rings. The van der Waals surface area contributed by atoms with E-state index in [0.717, 1.165) is 26.1 Å². The van der Waals surface area contributed by atoms with Gasteiger partial charge >= 0.3 is 0 Å². The fraction of sp³-hybridized carbons (Fsp3) is 0.611. The molecule has 1 aliphatic heterocycles. The van der Waals surface area contributed by atoms with Gasteiger partial charge in [0.25, 0.3) is 0 Å². The van der Waals surface area contributed by atoms with Crippen LogP contribution >= 0.6 is 11.6 Å². The number of alkyl halides is 1. The zero-order chi connectivity index (χ0) is 16.9. The Balaban J connectivity index is 1.77. The van der Waals surface area contributed by atoms with Gasteiger partial charge in [-0.05, 0) is 31.7 Å². The van der Waals surface area contributed by atoms with Crippen LogP contribution in [0.2, 0.25) is 0 Å². The first kappa shape index (κ1) is 18.2. The second-order valence-corrected chi connectivity index (χ2v) is 7.27. The number of aliphatic hydroxyl groups is 1. The highest BCUT2D eigenvalue weighted by Crippen LogP contribution is 2.23.